The Morgan fingerprint density at radius 1 is 0.862 bits per heavy atom. The van der Waals surface area contributed by atoms with Gasteiger partial charge in [0, 0.05) is 36.3 Å². The van der Waals surface area contributed by atoms with Crippen molar-refractivity contribution >= 4 is 11.6 Å². The van der Waals surface area contributed by atoms with Crippen LogP contribution in [0.5, 0.6) is 0 Å². The Labute approximate surface area is 176 Å². The molecular formula is C26H38N2O. The van der Waals surface area contributed by atoms with Crippen LogP contribution in [0.4, 0.5) is 5.69 Å². The normalized spacial score (nSPS) is 37.1. The van der Waals surface area contributed by atoms with Crippen molar-refractivity contribution in [1.82, 2.24) is 4.90 Å². The number of carbonyl (C=O) groups is 1. The van der Waals surface area contributed by atoms with Gasteiger partial charge in [-0.2, -0.15) is 0 Å². The van der Waals surface area contributed by atoms with Crippen molar-refractivity contribution in [2.75, 3.05) is 4.90 Å². The molecule has 0 spiro atoms. The number of amides is 1. The zero-order chi connectivity index (χ0) is 19.8. The minimum Gasteiger partial charge on any atom is -0.309 e. The van der Waals surface area contributed by atoms with Crippen molar-refractivity contribution in [3.8, 4) is 0 Å². The molecule has 4 bridgehead atoms. The second-order valence-corrected chi connectivity index (χ2v) is 10.3. The molecule has 0 N–H and O–H groups in total. The lowest BCUT2D eigenvalue weighted by molar-refractivity contribution is -0.119. The molecular weight excluding hydrogens is 356 g/mol. The standard InChI is InChI=1S/C26H38N2O/c1-2-26(29)28(21-10-4-3-5-11-21)25-17-22-12-7-13-23(18-25)27(22)24-15-19-8-6-9-20(14-19)16-24/h3-5,10-11,19-20,22-25H,2,6-9,12-18H2,1H3/t19-,20+,22-,23+,24?,25?. The number of nitrogens with zero attached hydrogens (tertiary/aromatic N) is 2. The fourth-order valence-electron chi connectivity index (χ4n) is 7.45. The molecule has 2 unspecified atom stereocenters. The van der Waals surface area contributed by atoms with Gasteiger partial charge in [-0.05, 0) is 68.9 Å². The van der Waals surface area contributed by atoms with E-state index in [0.717, 1.165) is 23.6 Å². The Bertz CT molecular complexity index is 678. The van der Waals surface area contributed by atoms with Crippen LogP contribution in [0.1, 0.15) is 84.0 Å². The monoisotopic (exact) mass is 394 g/mol. The van der Waals surface area contributed by atoms with E-state index in [2.05, 4.69) is 40.1 Å². The molecule has 4 aliphatic rings. The summed E-state index contributed by atoms with van der Waals surface area (Å²) in [5.74, 6) is 2.28. The molecule has 1 aromatic carbocycles. The number of para-hydroxylation sites is 1. The third-order valence-electron chi connectivity index (χ3n) is 8.50. The van der Waals surface area contributed by atoms with Crippen LogP contribution >= 0.6 is 0 Å². The first kappa shape index (κ1) is 19.6. The second-order valence-electron chi connectivity index (χ2n) is 10.3. The number of piperidine rings is 2. The van der Waals surface area contributed by atoms with Crippen LogP contribution in [0.3, 0.4) is 0 Å². The van der Waals surface area contributed by atoms with E-state index in [1.807, 2.05) is 6.92 Å². The predicted molar refractivity (Wildman–Crippen MR) is 119 cm³/mol. The van der Waals surface area contributed by atoms with Gasteiger partial charge in [0.15, 0.2) is 0 Å². The van der Waals surface area contributed by atoms with Crippen LogP contribution in [0.2, 0.25) is 0 Å². The minimum atomic E-state index is 0.292. The highest BCUT2D eigenvalue weighted by atomic mass is 16.2. The molecule has 0 aromatic heterocycles. The van der Waals surface area contributed by atoms with Crippen LogP contribution in [0.25, 0.3) is 0 Å². The average Bonchev–Trinajstić information content (AvgIpc) is 2.73. The summed E-state index contributed by atoms with van der Waals surface area (Å²) >= 11 is 0. The van der Waals surface area contributed by atoms with Gasteiger partial charge < -0.3 is 4.90 Å². The fraction of sp³-hybridized carbons (Fsp3) is 0.731. The molecule has 29 heavy (non-hydrogen) atoms. The molecule has 0 radical (unpaired) electrons. The summed E-state index contributed by atoms with van der Waals surface area (Å²) in [5.41, 5.74) is 1.10. The van der Waals surface area contributed by atoms with Crippen molar-refractivity contribution in [2.45, 2.75) is 108 Å². The van der Waals surface area contributed by atoms with Crippen molar-refractivity contribution in [3.63, 3.8) is 0 Å². The molecule has 1 aromatic rings. The molecule has 158 valence electrons. The number of carbonyl (C=O) groups excluding carboxylic acids is 1. The lowest BCUT2D eigenvalue weighted by Crippen LogP contribution is -2.62. The van der Waals surface area contributed by atoms with Gasteiger partial charge >= 0.3 is 0 Å². The highest BCUT2D eigenvalue weighted by Crippen LogP contribution is 2.46. The summed E-state index contributed by atoms with van der Waals surface area (Å²) in [4.78, 5) is 18.1. The van der Waals surface area contributed by atoms with Gasteiger partial charge in [-0.15, -0.1) is 0 Å². The fourth-order valence-corrected chi connectivity index (χ4v) is 7.45. The molecule has 1 amide bonds. The Morgan fingerprint density at radius 2 is 1.48 bits per heavy atom. The molecule has 2 saturated heterocycles. The van der Waals surface area contributed by atoms with Gasteiger partial charge in [-0.1, -0.05) is 50.8 Å². The summed E-state index contributed by atoms with van der Waals surface area (Å²) < 4.78 is 0. The van der Waals surface area contributed by atoms with E-state index < -0.39 is 0 Å². The first-order chi connectivity index (χ1) is 14.2. The van der Waals surface area contributed by atoms with Gasteiger partial charge in [-0.3, -0.25) is 9.69 Å². The van der Waals surface area contributed by atoms with Crippen LogP contribution in [0, 0.1) is 11.8 Å². The topological polar surface area (TPSA) is 23.6 Å². The summed E-state index contributed by atoms with van der Waals surface area (Å²) in [5, 5.41) is 0. The van der Waals surface area contributed by atoms with Crippen LogP contribution in [-0.2, 0) is 4.79 Å². The lowest BCUT2D eigenvalue weighted by atomic mass is 9.68. The van der Waals surface area contributed by atoms with Crippen molar-refractivity contribution < 1.29 is 4.79 Å². The quantitative estimate of drug-likeness (QED) is 0.646. The molecule has 2 aliphatic heterocycles. The molecule has 3 nitrogen and oxygen atoms in total. The van der Waals surface area contributed by atoms with Gasteiger partial charge in [0.2, 0.25) is 5.91 Å². The van der Waals surface area contributed by atoms with Gasteiger partial charge in [0.1, 0.15) is 0 Å². The maximum Gasteiger partial charge on any atom is 0.226 e. The maximum absolute atomic E-state index is 13.0. The Balaban J connectivity index is 1.36. The third kappa shape index (κ3) is 3.87. The predicted octanol–water partition coefficient (Wildman–Crippen LogP) is 5.78. The van der Waals surface area contributed by atoms with Crippen LogP contribution in [-0.4, -0.2) is 35.0 Å². The smallest absolute Gasteiger partial charge is 0.226 e. The zero-order valence-corrected chi connectivity index (χ0v) is 18.1. The molecule has 2 heterocycles. The third-order valence-corrected chi connectivity index (χ3v) is 8.50. The van der Waals surface area contributed by atoms with Gasteiger partial charge in [0.25, 0.3) is 0 Å². The second kappa shape index (κ2) is 8.41. The highest BCUT2D eigenvalue weighted by molar-refractivity contribution is 5.93. The lowest BCUT2D eigenvalue weighted by Gasteiger charge is -2.56. The van der Waals surface area contributed by atoms with Gasteiger partial charge in [-0.25, -0.2) is 0 Å². The van der Waals surface area contributed by atoms with E-state index in [0.29, 0.717) is 30.5 Å². The zero-order valence-electron chi connectivity index (χ0n) is 18.1. The molecule has 3 heteroatoms. The molecule has 5 rings (SSSR count). The van der Waals surface area contributed by atoms with Crippen LogP contribution < -0.4 is 4.90 Å². The maximum atomic E-state index is 13.0. The summed E-state index contributed by atoms with van der Waals surface area (Å²) in [6, 6.07) is 13.0. The molecule has 4 fully saturated rings. The average molecular weight is 395 g/mol. The number of anilines is 1. The summed E-state index contributed by atoms with van der Waals surface area (Å²) in [6.07, 6.45) is 15.8. The number of hydrogen-bond acceptors (Lipinski definition) is 2. The van der Waals surface area contributed by atoms with E-state index in [4.69, 9.17) is 0 Å². The number of hydrogen-bond donors (Lipinski definition) is 0. The van der Waals surface area contributed by atoms with E-state index in [1.165, 1.54) is 70.6 Å². The summed E-state index contributed by atoms with van der Waals surface area (Å²) in [7, 11) is 0. The van der Waals surface area contributed by atoms with Gasteiger partial charge in [0.05, 0.1) is 0 Å². The summed E-state index contributed by atoms with van der Waals surface area (Å²) in [6.45, 7) is 2.01. The Kier molecular flexibility index (Phi) is 5.69. The van der Waals surface area contributed by atoms with E-state index in [1.54, 1.807) is 0 Å². The molecule has 6 atom stereocenters. The highest BCUT2D eigenvalue weighted by Gasteiger charge is 2.46. The van der Waals surface area contributed by atoms with E-state index >= 15 is 0 Å². The first-order valence-corrected chi connectivity index (χ1v) is 12.4. The van der Waals surface area contributed by atoms with E-state index in [9.17, 15) is 4.79 Å². The SMILES string of the molecule is CCC(=O)N(c1ccccc1)C1C[C@H]2CCC[C@@H](C1)N2C1C[C@H]2CCC[C@@H](C1)C2. The minimum absolute atomic E-state index is 0.292. The van der Waals surface area contributed by atoms with Crippen molar-refractivity contribution in [1.29, 1.82) is 0 Å². The Morgan fingerprint density at radius 3 is 2.10 bits per heavy atom. The van der Waals surface area contributed by atoms with Crippen LogP contribution in [0.15, 0.2) is 30.3 Å². The number of fused-ring (bicyclic) bond motifs is 4. The largest absolute Gasteiger partial charge is 0.309 e. The molecule has 2 aliphatic carbocycles. The van der Waals surface area contributed by atoms with Crippen molar-refractivity contribution in [3.05, 3.63) is 30.3 Å². The Hall–Kier alpha value is -1.35. The molecule has 2 saturated carbocycles. The number of benzene rings is 1. The van der Waals surface area contributed by atoms with Crippen molar-refractivity contribution in [2.24, 2.45) is 11.8 Å². The number of rotatable bonds is 4. The van der Waals surface area contributed by atoms with E-state index in [-0.39, 0.29) is 0 Å². The first-order valence-electron chi connectivity index (χ1n) is 12.4.